The quantitative estimate of drug-likeness (QED) is 0.858. The van der Waals surface area contributed by atoms with Crippen LogP contribution in [0.5, 0.6) is 0 Å². The minimum atomic E-state index is -0.899. The van der Waals surface area contributed by atoms with Gasteiger partial charge in [0.15, 0.2) is 0 Å². The molecule has 0 bridgehead atoms. The lowest BCUT2D eigenvalue weighted by Gasteiger charge is -2.29. The highest BCUT2D eigenvalue weighted by Gasteiger charge is 2.24. The van der Waals surface area contributed by atoms with Gasteiger partial charge in [0.1, 0.15) is 0 Å². The molecule has 0 heterocycles. The fourth-order valence-corrected chi connectivity index (χ4v) is 4.65. The molecule has 3 heteroatoms. The van der Waals surface area contributed by atoms with Crippen molar-refractivity contribution in [3.63, 3.8) is 0 Å². The lowest BCUT2D eigenvalue weighted by molar-refractivity contribution is 0.294. The molecule has 1 saturated carbocycles. The first-order valence-corrected chi connectivity index (χ1v) is 9.59. The summed E-state index contributed by atoms with van der Waals surface area (Å²) in [6.07, 6.45) is 6.60. The van der Waals surface area contributed by atoms with Crippen LogP contribution < -0.4 is 5.32 Å². The maximum absolute atomic E-state index is 12.6. The number of hydrogen-bond donors (Lipinski definition) is 1. The van der Waals surface area contributed by atoms with Gasteiger partial charge in [0.05, 0.1) is 10.8 Å². The van der Waals surface area contributed by atoms with Gasteiger partial charge in [-0.15, -0.1) is 0 Å². The highest BCUT2D eigenvalue weighted by Crippen LogP contribution is 2.27. The topological polar surface area (TPSA) is 29.1 Å². The van der Waals surface area contributed by atoms with Crippen molar-refractivity contribution in [3.8, 4) is 0 Å². The minimum Gasteiger partial charge on any atom is -0.316 e. The Hall–Kier alpha value is -0.670. The lowest BCUT2D eigenvalue weighted by Crippen LogP contribution is -2.39. The fourth-order valence-electron chi connectivity index (χ4n) is 3.26. The Morgan fingerprint density at radius 2 is 1.76 bits per heavy atom. The van der Waals surface area contributed by atoms with E-state index in [-0.39, 0.29) is 0 Å². The Morgan fingerprint density at radius 1 is 1.14 bits per heavy atom. The normalized spacial score (nSPS) is 19.6. The minimum absolute atomic E-state index is 0.385. The van der Waals surface area contributed by atoms with E-state index in [0.717, 1.165) is 10.6 Å². The third-order valence-electron chi connectivity index (χ3n) is 4.73. The van der Waals surface area contributed by atoms with Crippen molar-refractivity contribution in [1.29, 1.82) is 0 Å². The van der Waals surface area contributed by atoms with E-state index in [1.54, 1.807) is 0 Å². The number of nitrogens with one attached hydrogen (secondary N) is 1. The average molecular weight is 308 g/mol. The maximum atomic E-state index is 12.6. The van der Waals surface area contributed by atoms with Crippen LogP contribution in [0, 0.1) is 5.92 Å². The molecule has 1 fully saturated rings. The Morgan fingerprint density at radius 3 is 2.29 bits per heavy atom. The summed E-state index contributed by atoms with van der Waals surface area (Å²) in [5.41, 5.74) is 1.31. The van der Waals surface area contributed by atoms with Gasteiger partial charge in [-0.05, 0) is 49.4 Å². The van der Waals surface area contributed by atoms with Gasteiger partial charge in [0, 0.05) is 16.7 Å². The molecular formula is C18H29NOS. The molecule has 0 aromatic heterocycles. The van der Waals surface area contributed by atoms with Gasteiger partial charge in [-0.2, -0.15) is 0 Å². The smallest absolute Gasteiger partial charge is 0.0545 e. The number of hydrogen-bond acceptors (Lipinski definition) is 2. The molecule has 1 aromatic carbocycles. The van der Waals surface area contributed by atoms with E-state index in [9.17, 15) is 4.21 Å². The largest absolute Gasteiger partial charge is 0.316 e. The monoisotopic (exact) mass is 307 g/mol. The first kappa shape index (κ1) is 16.7. The zero-order valence-electron chi connectivity index (χ0n) is 13.6. The van der Waals surface area contributed by atoms with Crippen LogP contribution in [0.15, 0.2) is 29.2 Å². The zero-order valence-corrected chi connectivity index (χ0v) is 14.4. The van der Waals surface area contributed by atoms with Crippen molar-refractivity contribution in [1.82, 2.24) is 5.32 Å². The predicted octanol–water partition coefficient (Wildman–Crippen LogP) is 4.09. The van der Waals surface area contributed by atoms with Crippen LogP contribution in [0.2, 0.25) is 0 Å². The van der Waals surface area contributed by atoms with E-state index in [1.165, 1.54) is 37.7 Å². The summed E-state index contributed by atoms with van der Waals surface area (Å²) in [5, 5.41) is 3.41. The van der Waals surface area contributed by atoms with E-state index in [1.807, 2.05) is 19.2 Å². The standard InChI is InChI=1S/C18H29NOS/c1-14(2)15-9-11-17(12-10-15)21(20)13-18(19-3)16-7-5-4-6-8-16/h9-12,14,16,18-19H,4-8,13H2,1-3H3. The first-order chi connectivity index (χ1) is 10.1. The van der Waals surface area contributed by atoms with E-state index >= 15 is 0 Å². The second-order valence-corrected chi connectivity index (χ2v) is 8.02. The molecule has 0 spiro atoms. The SMILES string of the molecule is CNC(CS(=O)c1ccc(C(C)C)cc1)C1CCCCC1. The summed E-state index contributed by atoms with van der Waals surface area (Å²) in [5.74, 6) is 1.96. The van der Waals surface area contributed by atoms with Crippen LogP contribution in [-0.2, 0) is 10.8 Å². The van der Waals surface area contributed by atoms with Crippen LogP contribution >= 0.6 is 0 Å². The van der Waals surface area contributed by atoms with Crippen molar-refractivity contribution >= 4 is 10.8 Å². The van der Waals surface area contributed by atoms with Crippen molar-refractivity contribution < 1.29 is 4.21 Å². The van der Waals surface area contributed by atoms with E-state index < -0.39 is 10.8 Å². The summed E-state index contributed by atoms with van der Waals surface area (Å²) in [7, 11) is 1.11. The molecule has 2 rings (SSSR count). The molecule has 0 aliphatic heterocycles. The molecule has 0 radical (unpaired) electrons. The van der Waals surface area contributed by atoms with Crippen molar-refractivity contribution in [2.45, 2.75) is 62.8 Å². The Bertz CT molecular complexity index is 449. The Labute approximate surface area is 132 Å². The van der Waals surface area contributed by atoms with E-state index in [4.69, 9.17) is 0 Å². The van der Waals surface area contributed by atoms with Gasteiger partial charge >= 0.3 is 0 Å². The van der Waals surface area contributed by atoms with Gasteiger partial charge in [-0.25, -0.2) is 0 Å². The third-order valence-corrected chi connectivity index (χ3v) is 6.19. The van der Waals surface area contributed by atoms with Crippen LogP contribution in [0.3, 0.4) is 0 Å². The molecule has 1 aliphatic rings. The molecule has 2 atom stereocenters. The molecule has 0 amide bonds. The van der Waals surface area contributed by atoms with Crippen LogP contribution in [0.1, 0.15) is 57.4 Å². The van der Waals surface area contributed by atoms with Gasteiger partial charge in [0.2, 0.25) is 0 Å². The molecule has 21 heavy (non-hydrogen) atoms. The molecule has 2 nitrogen and oxygen atoms in total. The molecule has 118 valence electrons. The van der Waals surface area contributed by atoms with Gasteiger partial charge in [0.25, 0.3) is 0 Å². The Kier molecular flexibility index (Phi) is 6.43. The first-order valence-electron chi connectivity index (χ1n) is 8.27. The van der Waals surface area contributed by atoms with Crippen LogP contribution in [-0.4, -0.2) is 23.1 Å². The van der Waals surface area contributed by atoms with Crippen molar-refractivity contribution in [2.24, 2.45) is 5.92 Å². The van der Waals surface area contributed by atoms with Gasteiger partial charge in [-0.3, -0.25) is 4.21 Å². The van der Waals surface area contributed by atoms with E-state index in [2.05, 4.69) is 31.3 Å². The highest BCUT2D eigenvalue weighted by atomic mass is 32.2. The fraction of sp³-hybridized carbons (Fsp3) is 0.667. The molecule has 1 N–H and O–H groups in total. The summed E-state index contributed by atoms with van der Waals surface area (Å²) >= 11 is 0. The molecule has 1 aromatic rings. The van der Waals surface area contributed by atoms with Crippen molar-refractivity contribution in [2.75, 3.05) is 12.8 Å². The lowest BCUT2D eigenvalue weighted by atomic mass is 9.84. The highest BCUT2D eigenvalue weighted by molar-refractivity contribution is 7.85. The summed E-state index contributed by atoms with van der Waals surface area (Å²) in [6, 6.07) is 8.70. The van der Waals surface area contributed by atoms with Gasteiger partial charge < -0.3 is 5.32 Å². The summed E-state index contributed by atoms with van der Waals surface area (Å²) in [6.45, 7) is 4.37. The third kappa shape index (κ3) is 4.65. The molecular weight excluding hydrogens is 278 g/mol. The number of benzene rings is 1. The summed E-state index contributed by atoms with van der Waals surface area (Å²) in [4.78, 5) is 0.968. The van der Waals surface area contributed by atoms with Gasteiger partial charge in [-0.1, -0.05) is 45.2 Å². The average Bonchev–Trinajstić information content (AvgIpc) is 2.53. The van der Waals surface area contributed by atoms with Crippen LogP contribution in [0.4, 0.5) is 0 Å². The van der Waals surface area contributed by atoms with Crippen LogP contribution in [0.25, 0.3) is 0 Å². The summed E-state index contributed by atoms with van der Waals surface area (Å²) < 4.78 is 12.6. The maximum Gasteiger partial charge on any atom is 0.0545 e. The zero-order chi connectivity index (χ0) is 15.2. The van der Waals surface area contributed by atoms with E-state index in [0.29, 0.717) is 17.9 Å². The number of rotatable bonds is 6. The Balaban J connectivity index is 1.98. The van der Waals surface area contributed by atoms with Crippen molar-refractivity contribution in [3.05, 3.63) is 29.8 Å². The predicted molar refractivity (Wildman–Crippen MR) is 91.2 cm³/mol. The second-order valence-electron chi connectivity index (χ2n) is 6.53. The molecule has 2 unspecified atom stereocenters. The second kappa shape index (κ2) is 8.09. The molecule has 1 aliphatic carbocycles. The molecule has 0 saturated heterocycles.